The number of H-pyrrole nitrogens is 2. The minimum absolute atomic E-state index is 0.0185. The Morgan fingerprint density at radius 3 is 2.41 bits per heavy atom. The van der Waals surface area contributed by atoms with Gasteiger partial charge in [0.05, 0.1) is 12.2 Å². The van der Waals surface area contributed by atoms with Crippen LogP contribution in [0, 0.1) is 0 Å². The summed E-state index contributed by atoms with van der Waals surface area (Å²) >= 11 is 0. The Bertz CT molecular complexity index is 541. The number of fused-ring (bicyclic) bond motifs is 1. The van der Waals surface area contributed by atoms with Gasteiger partial charge in [-0.25, -0.2) is 0 Å². The Kier molecular flexibility index (Phi) is 3.25. The highest BCUT2D eigenvalue weighted by molar-refractivity contribution is 6.00. The fourth-order valence-electron chi connectivity index (χ4n) is 1.39. The molecule has 6 nitrogen and oxygen atoms in total. The van der Waals surface area contributed by atoms with Gasteiger partial charge in [-0.15, -0.1) is 0 Å². The van der Waals surface area contributed by atoms with E-state index in [1.165, 1.54) is 6.07 Å². The summed E-state index contributed by atoms with van der Waals surface area (Å²) in [5.74, 6) is 0.791. The third-order valence-corrected chi connectivity index (χ3v) is 2.19. The van der Waals surface area contributed by atoms with Gasteiger partial charge in [-0.1, -0.05) is 6.07 Å². The predicted molar refractivity (Wildman–Crippen MR) is 63.8 cm³/mol. The van der Waals surface area contributed by atoms with Crippen molar-refractivity contribution in [1.82, 2.24) is 15.3 Å². The van der Waals surface area contributed by atoms with Crippen LogP contribution in [0.2, 0.25) is 0 Å². The molecule has 2 aromatic rings. The first-order chi connectivity index (χ1) is 8.27. The molecule has 17 heavy (non-hydrogen) atoms. The Labute approximate surface area is 97.1 Å². The van der Waals surface area contributed by atoms with E-state index < -0.39 is 0 Å². The van der Waals surface area contributed by atoms with E-state index in [4.69, 9.17) is 0 Å². The molecule has 0 aliphatic carbocycles. The summed E-state index contributed by atoms with van der Waals surface area (Å²) in [7, 11) is 0. The zero-order valence-electron chi connectivity index (χ0n) is 8.99. The van der Waals surface area contributed by atoms with Crippen molar-refractivity contribution >= 4 is 11.7 Å². The summed E-state index contributed by atoms with van der Waals surface area (Å²) in [6.45, 7) is 0.506. The van der Waals surface area contributed by atoms with E-state index in [0.29, 0.717) is 12.2 Å². The van der Waals surface area contributed by atoms with Crippen LogP contribution in [0.1, 0.15) is 10.4 Å². The quantitative estimate of drug-likeness (QED) is 0.533. The lowest BCUT2D eigenvalue weighted by atomic mass is 10.3. The molecule has 0 saturated carbocycles. The van der Waals surface area contributed by atoms with E-state index >= 15 is 0 Å². The van der Waals surface area contributed by atoms with Crippen molar-refractivity contribution in [1.29, 1.82) is 0 Å². The molecule has 3 heterocycles. The van der Waals surface area contributed by atoms with E-state index in [1.54, 1.807) is 30.6 Å². The summed E-state index contributed by atoms with van der Waals surface area (Å²) in [6.07, 6.45) is 3.34. The van der Waals surface area contributed by atoms with Gasteiger partial charge in [0.1, 0.15) is 5.82 Å². The molecule has 1 aliphatic rings. The molecule has 88 valence electrons. The number of anilines is 1. The molecular formula is C11H12N4O2. The van der Waals surface area contributed by atoms with Gasteiger partial charge in [-0.05, 0) is 12.1 Å². The summed E-state index contributed by atoms with van der Waals surface area (Å²) in [6, 6.07) is 6.68. The maximum Gasteiger partial charge on any atom is 0.256 e. The highest BCUT2D eigenvalue weighted by Crippen LogP contribution is 2.14. The number of amides is 1. The fourth-order valence-corrected chi connectivity index (χ4v) is 1.39. The third kappa shape index (κ3) is 2.75. The van der Waals surface area contributed by atoms with E-state index in [9.17, 15) is 9.59 Å². The van der Waals surface area contributed by atoms with Crippen molar-refractivity contribution in [2.75, 3.05) is 12.0 Å². The predicted octanol–water partition coefficient (Wildman–Crippen LogP) is 0.502. The van der Waals surface area contributed by atoms with Crippen molar-refractivity contribution in [3.05, 3.63) is 52.6 Å². The molecule has 2 aromatic heterocycles. The summed E-state index contributed by atoms with van der Waals surface area (Å²) in [4.78, 5) is 26.6. The highest BCUT2D eigenvalue weighted by atomic mass is 16.2. The van der Waals surface area contributed by atoms with Gasteiger partial charge < -0.3 is 20.6 Å². The van der Waals surface area contributed by atoms with Crippen molar-refractivity contribution < 1.29 is 4.79 Å². The number of aromatic nitrogens is 2. The van der Waals surface area contributed by atoms with Gasteiger partial charge in [0.2, 0.25) is 5.56 Å². The Morgan fingerprint density at radius 2 is 1.82 bits per heavy atom. The van der Waals surface area contributed by atoms with Crippen molar-refractivity contribution in [2.24, 2.45) is 0 Å². The lowest BCUT2D eigenvalue weighted by Crippen LogP contribution is -2.34. The molecule has 4 N–H and O–H groups in total. The Balaban J connectivity index is 0.000000136. The summed E-state index contributed by atoms with van der Waals surface area (Å²) in [5.41, 5.74) is 0.633. The number of hydrogen-bond acceptors (Lipinski definition) is 3. The maximum absolute atomic E-state index is 11.0. The third-order valence-electron chi connectivity index (χ3n) is 2.19. The van der Waals surface area contributed by atoms with Crippen LogP contribution in [0.5, 0.6) is 0 Å². The van der Waals surface area contributed by atoms with E-state index in [0.717, 1.165) is 5.82 Å². The Morgan fingerprint density at radius 1 is 0.941 bits per heavy atom. The first kappa shape index (κ1) is 11.0. The van der Waals surface area contributed by atoms with Crippen LogP contribution < -0.4 is 16.2 Å². The number of hydrogen-bond donors (Lipinski definition) is 4. The van der Waals surface area contributed by atoms with Gasteiger partial charge in [0, 0.05) is 18.5 Å². The zero-order chi connectivity index (χ0) is 12.1. The molecule has 0 atom stereocenters. The zero-order valence-corrected chi connectivity index (χ0v) is 8.99. The van der Waals surface area contributed by atoms with Gasteiger partial charge in [-0.3, -0.25) is 9.59 Å². The minimum Gasteiger partial charge on any atom is -0.354 e. The van der Waals surface area contributed by atoms with E-state index in [2.05, 4.69) is 20.6 Å². The molecule has 0 radical (unpaired) electrons. The van der Waals surface area contributed by atoms with Crippen LogP contribution in [-0.2, 0) is 0 Å². The van der Waals surface area contributed by atoms with E-state index in [-0.39, 0.29) is 11.5 Å². The lowest BCUT2D eigenvalue weighted by molar-refractivity contribution is 0.0953. The molecule has 0 saturated heterocycles. The summed E-state index contributed by atoms with van der Waals surface area (Å²) < 4.78 is 0. The number of pyridine rings is 1. The summed E-state index contributed by atoms with van der Waals surface area (Å²) in [5, 5.41) is 5.64. The molecule has 0 fully saturated rings. The number of rotatable bonds is 0. The van der Waals surface area contributed by atoms with Crippen LogP contribution in [-0.4, -0.2) is 22.5 Å². The molecule has 0 bridgehead atoms. The highest BCUT2D eigenvalue weighted by Gasteiger charge is 2.15. The fraction of sp³-hybridized carbons (Fsp3) is 0.0909. The SMILES string of the molecule is O=C1NCNc2[nH]ccc21.O=c1cccc[nH]1. The van der Waals surface area contributed by atoms with Crippen LogP contribution in [0.4, 0.5) is 5.82 Å². The molecular weight excluding hydrogens is 220 g/mol. The number of nitrogens with one attached hydrogen (secondary N) is 4. The molecule has 6 heteroatoms. The van der Waals surface area contributed by atoms with Crippen LogP contribution in [0.3, 0.4) is 0 Å². The Hall–Kier alpha value is -2.50. The van der Waals surface area contributed by atoms with Gasteiger partial charge in [0.25, 0.3) is 5.91 Å². The number of carbonyl (C=O) groups excluding carboxylic acids is 1. The molecule has 0 unspecified atom stereocenters. The van der Waals surface area contributed by atoms with Crippen LogP contribution in [0.25, 0.3) is 0 Å². The van der Waals surface area contributed by atoms with Crippen molar-refractivity contribution in [3.8, 4) is 0 Å². The maximum atomic E-state index is 11.0. The van der Waals surface area contributed by atoms with Crippen LogP contribution >= 0.6 is 0 Å². The molecule has 0 aromatic carbocycles. The van der Waals surface area contributed by atoms with Crippen LogP contribution in [0.15, 0.2) is 41.5 Å². The smallest absolute Gasteiger partial charge is 0.256 e. The molecule has 3 rings (SSSR count). The number of aromatic amines is 2. The standard InChI is InChI=1S/C6H7N3O.C5H5NO/c10-6-4-1-2-7-5(4)8-3-9-6;7-5-3-1-2-4-6-5/h1-2,7-8H,3H2,(H,9,10);1-4H,(H,6,7). The number of carbonyl (C=O) groups is 1. The van der Waals surface area contributed by atoms with Gasteiger partial charge >= 0.3 is 0 Å². The second-order valence-corrected chi connectivity index (χ2v) is 3.35. The average Bonchev–Trinajstić information content (AvgIpc) is 2.80. The first-order valence-corrected chi connectivity index (χ1v) is 5.10. The monoisotopic (exact) mass is 232 g/mol. The second-order valence-electron chi connectivity index (χ2n) is 3.35. The normalized spacial score (nSPS) is 12.6. The average molecular weight is 232 g/mol. The second kappa shape index (κ2) is 5.02. The van der Waals surface area contributed by atoms with Gasteiger partial charge in [0.15, 0.2) is 0 Å². The van der Waals surface area contributed by atoms with Gasteiger partial charge in [-0.2, -0.15) is 0 Å². The molecule has 1 aliphatic heterocycles. The first-order valence-electron chi connectivity index (χ1n) is 5.10. The minimum atomic E-state index is -0.0532. The lowest BCUT2D eigenvalue weighted by Gasteiger charge is -2.13. The van der Waals surface area contributed by atoms with E-state index in [1.807, 2.05) is 0 Å². The largest absolute Gasteiger partial charge is 0.354 e. The van der Waals surface area contributed by atoms with Crippen molar-refractivity contribution in [3.63, 3.8) is 0 Å². The molecule has 1 amide bonds. The van der Waals surface area contributed by atoms with Crippen molar-refractivity contribution in [2.45, 2.75) is 0 Å². The molecule has 0 spiro atoms. The topological polar surface area (TPSA) is 89.8 Å².